The molecule has 0 spiro atoms. The molecule has 1 heteroatoms. The Balaban J connectivity index is 2.15. The number of nitrogens with zero attached hydrogens (tertiary/aromatic N) is 1. The third-order valence-electron chi connectivity index (χ3n) is 2.21. The molecule has 0 unspecified atom stereocenters. The van der Waals surface area contributed by atoms with Gasteiger partial charge in [0.2, 0.25) is 0 Å². The van der Waals surface area contributed by atoms with E-state index in [4.69, 9.17) is 0 Å². The lowest BCUT2D eigenvalue weighted by atomic mass is 10.1. The van der Waals surface area contributed by atoms with Crippen LogP contribution in [0.1, 0.15) is 16.8 Å². The van der Waals surface area contributed by atoms with Gasteiger partial charge in [0.05, 0.1) is 5.69 Å². The van der Waals surface area contributed by atoms with E-state index in [1.807, 2.05) is 24.3 Å². The Labute approximate surface area is 90.1 Å². The highest BCUT2D eigenvalue weighted by Crippen LogP contribution is 2.07. The average molecular weight is 195 g/mol. The number of aryl methyl sites for hydroxylation is 1. The molecule has 1 aromatic carbocycles. The minimum absolute atomic E-state index is 0.984. The van der Waals surface area contributed by atoms with Crippen molar-refractivity contribution >= 4 is 12.2 Å². The molecule has 1 heterocycles. The summed E-state index contributed by atoms with van der Waals surface area (Å²) in [7, 11) is 0. The molecule has 0 saturated heterocycles. The normalized spacial score (nSPS) is 10.7. The van der Waals surface area contributed by atoms with Crippen molar-refractivity contribution in [3.63, 3.8) is 0 Å². The molecule has 0 N–H and O–H groups in total. The Bertz CT molecular complexity index is 441. The first-order valence-corrected chi connectivity index (χ1v) is 5.00. The fraction of sp³-hybridized carbons (Fsp3) is 0.0714. The summed E-state index contributed by atoms with van der Waals surface area (Å²) in [6.07, 6.45) is 5.89. The maximum atomic E-state index is 4.22. The van der Waals surface area contributed by atoms with Crippen LogP contribution < -0.4 is 0 Å². The van der Waals surface area contributed by atoms with Crippen molar-refractivity contribution in [2.45, 2.75) is 6.92 Å². The van der Waals surface area contributed by atoms with Gasteiger partial charge in [0.1, 0.15) is 0 Å². The summed E-state index contributed by atoms with van der Waals surface area (Å²) in [5.41, 5.74) is 3.47. The van der Waals surface area contributed by atoms with Gasteiger partial charge >= 0.3 is 0 Å². The number of hydrogen-bond acceptors (Lipinski definition) is 1. The number of pyridine rings is 1. The van der Waals surface area contributed by atoms with Gasteiger partial charge in [-0.15, -0.1) is 0 Å². The van der Waals surface area contributed by atoms with Gasteiger partial charge in [-0.05, 0) is 30.7 Å². The average Bonchev–Trinajstić information content (AvgIpc) is 2.30. The Hall–Kier alpha value is -1.89. The Kier molecular flexibility index (Phi) is 2.93. The van der Waals surface area contributed by atoms with Crippen LogP contribution in [0.25, 0.3) is 12.2 Å². The SMILES string of the molecule is Cc1ccc(/C=C/c2ccccn2)cc1. The van der Waals surface area contributed by atoms with E-state index in [2.05, 4.69) is 42.2 Å². The maximum Gasteiger partial charge on any atom is 0.0629 e. The van der Waals surface area contributed by atoms with E-state index in [9.17, 15) is 0 Å². The first-order valence-electron chi connectivity index (χ1n) is 5.00. The van der Waals surface area contributed by atoms with E-state index in [-0.39, 0.29) is 0 Å². The molecular weight excluding hydrogens is 182 g/mol. The van der Waals surface area contributed by atoms with Gasteiger partial charge in [-0.3, -0.25) is 4.98 Å². The molecule has 0 saturated carbocycles. The smallest absolute Gasteiger partial charge is 0.0629 e. The minimum Gasteiger partial charge on any atom is -0.257 e. The summed E-state index contributed by atoms with van der Waals surface area (Å²) in [5.74, 6) is 0. The molecule has 0 radical (unpaired) electrons. The van der Waals surface area contributed by atoms with Crippen molar-refractivity contribution in [3.8, 4) is 0 Å². The fourth-order valence-corrected chi connectivity index (χ4v) is 1.33. The van der Waals surface area contributed by atoms with E-state index < -0.39 is 0 Å². The molecule has 15 heavy (non-hydrogen) atoms. The van der Waals surface area contributed by atoms with Crippen LogP contribution in [0.3, 0.4) is 0 Å². The second kappa shape index (κ2) is 4.56. The van der Waals surface area contributed by atoms with Gasteiger partial charge in [0.25, 0.3) is 0 Å². The largest absolute Gasteiger partial charge is 0.257 e. The van der Waals surface area contributed by atoms with Crippen LogP contribution in [-0.2, 0) is 0 Å². The summed E-state index contributed by atoms with van der Waals surface area (Å²) in [4.78, 5) is 4.22. The quantitative estimate of drug-likeness (QED) is 0.714. The molecule has 0 bridgehead atoms. The van der Waals surface area contributed by atoms with Crippen molar-refractivity contribution < 1.29 is 0 Å². The zero-order valence-corrected chi connectivity index (χ0v) is 8.72. The van der Waals surface area contributed by atoms with Crippen molar-refractivity contribution in [3.05, 3.63) is 65.5 Å². The monoisotopic (exact) mass is 195 g/mol. The zero-order chi connectivity index (χ0) is 10.5. The molecular formula is C14H13N. The second-order valence-electron chi connectivity index (χ2n) is 3.50. The highest BCUT2D eigenvalue weighted by Gasteiger charge is 1.87. The molecule has 0 aliphatic rings. The first-order chi connectivity index (χ1) is 7.34. The van der Waals surface area contributed by atoms with Gasteiger partial charge in [-0.1, -0.05) is 42.0 Å². The molecule has 0 fully saturated rings. The summed E-state index contributed by atoms with van der Waals surface area (Å²) in [6.45, 7) is 2.09. The van der Waals surface area contributed by atoms with Gasteiger partial charge in [0.15, 0.2) is 0 Å². The summed E-state index contributed by atoms with van der Waals surface area (Å²) < 4.78 is 0. The molecule has 1 nitrogen and oxygen atoms in total. The van der Waals surface area contributed by atoms with Crippen LogP contribution in [0.5, 0.6) is 0 Å². The summed E-state index contributed by atoms with van der Waals surface area (Å²) in [5, 5.41) is 0. The Morgan fingerprint density at radius 2 is 1.73 bits per heavy atom. The molecule has 0 aliphatic heterocycles. The highest BCUT2D eigenvalue weighted by atomic mass is 14.6. The number of hydrogen-bond donors (Lipinski definition) is 0. The lowest BCUT2D eigenvalue weighted by Crippen LogP contribution is -1.77. The van der Waals surface area contributed by atoms with E-state index >= 15 is 0 Å². The molecule has 2 aromatic rings. The predicted octanol–water partition coefficient (Wildman–Crippen LogP) is 3.56. The van der Waals surface area contributed by atoms with Gasteiger partial charge in [-0.2, -0.15) is 0 Å². The number of rotatable bonds is 2. The van der Waals surface area contributed by atoms with Gasteiger partial charge < -0.3 is 0 Å². The lowest BCUT2D eigenvalue weighted by molar-refractivity contribution is 1.30. The van der Waals surface area contributed by atoms with Crippen LogP contribution in [0.2, 0.25) is 0 Å². The van der Waals surface area contributed by atoms with Crippen LogP contribution in [0, 0.1) is 6.92 Å². The number of benzene rings is 1. The fourth-order valence-electron chi connectivity index (χ4n) is 1.33. The second-order valence-corrected chi connectivity index (χ2v) is 3.50. The van der Waals surface area contributed by atoms with Crippen molar-refractivity contribution in [1.29, 1.82) is 0 Å². The third-order valence-corrected chi connectivity index (χ3v) is 2.21. The standard InChI is InChI=1S/C14H13N/c1-12-5-7-13(8-6-12)9-10-14-4-2-3-11-15-14/h2-11H,1H3/b10-9+. The van der Waals surface area contributed by atoms with Crippen LogP contribution >= 0.6 is 0 Å². The van der Waals surface area contributed by atoms with E-state index in [0.29, 0.717) is 0 Å². The molecule has 0 amide bonds. The Morgan fingerprint density at radius 3 is 2.40 bits per heavy atom. The number of aromatic nitrogens is 1. The van der Waals surface area contributed by atoms with Crippen molar-refractivity contribution in [2.24, 2.45) is 0 Å². The molecule has 0 atom stereocenters. The minimum atomic E-state index is 0.984. The highest BCUT2D eigenvalue weighted by molar-refractivity contribution is 5.67. The van der Waals surface area contributed by atoms with Crippen LogP contribution in [0.4, 0.5) is 0 Å². The third kappa shape index (κ3) is 2.78. The van der Waals surface area contributed by atoms with Gasteiger partial charge in [-0.25, -0.2) is 0 Å². The predicted molar refractivity (Wildman–Crippen MR) is 64.3 cm³/mol. The van der Waals surface area contributed by atoms with E-state index in [1.165, 1.54) is 11.1 Å². The summed E-state index contributed by atoms with van der Waals surface area (Å²) in [6, 6.07) is 14.3. The maximum absolute atomic E-state index is 4.22. The van der Waals surface area contributed by atoms with Crippen molar-refractivity contribution in [2.75, 3.05) is 0 Å². The molecule has 2 rings (SSSR count). The zero-order valence-electron chi connectivity index (χ0n) is 8.72. The van der Waals surface area contributed by atoms with Crippen LogP contribution in [0.15, 0.2) is 48.7 Å². The van der Waals surface area contributed by atoms with E-state index in [0.717, 1.165) is 5.69 Å². The Morgan fingerprint density at radius 1 is 0.933 bits per heavy atom. The van der Waals surface area contributed by atoms with Gasteiger partial charge in [0, 0.05) is 6.20 Å². The molecule has 1 aromatic heterocycles. The topological polar surface area (TPSA) is 12.9 Å². The first kappa shape index (κ1) is 9.66. The van der Waals surface area contributed by atoms with E-state index in [1.54, 1.807) is 6.20 Å². The lowest BCUT2D eigenvalue weighted by Gasteiger charge is -1.94. The van der Waals surface area contributed by atoms with Crippen LogP contribution in [-0.4, -0.2) is 4.98 Å². The molecule has 0 aliphatic carbocycles. The molecule has 74 valence electrons. The summed E-state index contributed by atoms with van der Waals surface area (Å²) >= 11 is 0. The van der Waals surface area contributed by atoms with Crippen molar-refractivity contribution in [1.82, 2.24) is 4.98 Å².